The molecule has 3 fully saturated rings. The number of hydrogen-bond acceptors (Lipinski definition) is 3. The molecule has 5 nitrogen and oxygen atoms in total. The zero-order valence-electron chi connectivity index (χ0n) is 18.2. The summed E-state index contributed by atoms with van der Waals surface area (Å²) in [6.07, 6.45) is 3.70. The van der Waals surface area contributed by atoms with Crippen LogP contribution in [0.25, 0.3) is 11.0 Å². The van der Waals surface area contributed by atoms with Gasteiger partial charge < -0.3 is 9.47 Å². The van der Waals surface area contributed by atoms with E-state index in [1.165, 1.54) is 19.5 Å². The second-order valence-corrected chi connectivity index (χ2v) is 9.33. The Morgan fingerprint density at radius 1 is 1.10 bits per heavy atom. The minimum atomic E-state index is 0.122. The second-order valence-electron chi connectivity index (χ2n) is 8.90. The Labute approximate surface area is 188 Å². The van der Waals surface area contributed by atoms with Crippen LogP contribution in [-0.2, 0) is 0 Å². The van der Waals surface area contributed by atoms with Crippen molar-refractivity contribution in [2.24, 2.45) is 0 Å². The summed E-state index contributed by atoms with van der Waals surface area (Å²) in [4.78, 5) is 21.6. The van der Waals surface area contributed by atoms with E-state index in [9.17, 15) is 4.79 Å². The first kappa shape index (κ1) is 20.5. The van der Waals surface area contributed by atoms with Crippen molar-refractivity contribution in [1.82, 2.24) is 19.4 Å². The van der Waals surface area contributed by atoms with Gasteiger partial charge in [0, 0.05) is 42.8 Å². The number of likely N-dealkylation sites (tertiary alicyclic amines) is 1. The predicted molar refractivity (Wildman–Crippen MR) is 125 cm³/mol. The quantitative estimate of drug-likeness (QED) is 0.547. The number of aryl methyl sites for hydroxylation is 1. The maximum atomic E-state index is 12.5. The van der Waals surface area contributed by atoms with E-state index in [0.717, 1.165) is 60.0 Å². The van der Waals surface area contributed by atoms with Gasteiger partial charge in [0.25, 0.3) is 5.91 Å². The molecule has 0 radical (unpaired) electrons. The van der Waals surface area contributed by atoms with Gasteiger partial charge >= 0.3 is 0 Å². The first-order valence-electron chi connectivity index (χ1n) is 11.3. The van der Waals surface area contributed by atoms with Crippen LogP contribution >= 0.6 is 11.6 Å². The number of hydrogen-bond donors (Lipinski definition) is 0. The number of aromatic nitrogens is 2. The fourth-order valence-corrected chi connectivity index (χ4v) is 4.90. The summed E-state index contributed by atoms with van der Waals surface area (Å²) in [5, 5.41) is 0.694. The van der Waals surface area contributed by atoms with Crippen molar-refractivity contribution in [3.63, 3.8) is 0 Å². The third kappa shape index (κ3) is 4.09. The molecule has 1 amide bonds. The summed E-state index contributed by atoms with van der Waals surface area (Å²) in [5.74, 6) is 1.09. The number of benzene rings is 2. The molecule has 2 aromatic carbocycles. The molecule has 0 saturated carbocycles. The lowest BCUT2D eigenvalue weighted by Gasteiger charge is -2.19. The first-order valence-corrected chi connectivity index (χ1v) is 11.7. The van der Waals surface area contributed by atoms with Crippen LogP contribution in [0.1, 0.15) is 54.0 Å². The fourth-order valence-electron chi connectivity index (χ4n) is 4.74. The van der Waals surface area contributed by atoms with Crippen LogP contribution < -0.4 is 0 Å². The summed E-state index contributed by atoms with van der Waals surface area (Å²) in [5.41, 5.74) is 3.89. The van der Waals surface area contributed by atoms with Gasteiger partial charge in [-0.25, -0.2) is 4.98 Å². The largest absolute Gasteiger partial charge is 0.339 e. The number of fused-ring (bicyclic) bond motifs is 2. The van der Waals surface area contributed by atoms with Crippen molar-refractivity contribution in [3.8, 4) is 0 Å². The number of imidazole rings is 1. The molecule has 3 unspecified atom stereocenters. The van der Waals surface area contributed by atoms with E-state index in [1.54, 1.807) is 0 Å². The number of halogens is 1. The van der Waals surface area contributed by atoms with Gasteiger partial charge in [-0.05, 0) is 69.0 Å². The highest BCUT2D eigenvalue weighted by Gasteiger charge is 2.41. The number of rotatable bonds is 3. The number of amides is 1. The van der Waals surface area contributed by atoms with E-state index in [-0.39, 0.29) is 11.9 Å². The van der Waals surface area contributed by atoms with E-state index >= 15 is 0 Å². The molecule has 162 valence electrons. The molecule has 3 aliphatic heterocycles. The lowest BCUT2D eigenvalue weighted by Crippen LogP contribution is -2.27. The van der Waals surface area contributed by atoms with Crippen molar-refractivity contribution in [3.05, 3.63) is 64.4 Å². The molecule has 0 aliphatic carbocycles. The maximum absolute atomic E-state index is 12.5. The highest BCUT2D eigenvalue weighted by Crippen LogP contribution is 2.30. The van der Waals surface area contributed by atoms with E-state index in [1.807, 2.05) is 42.2 Å². The average Bonchev–Trinajstić information content (AvgIpc) is 3.13. The van der Waals surface area contributed by atoms with E-state index in [0.29, 0.717) is 5.02 Å². The van der Waals surface area contributed by atoms with Crippen molar-refractivity contribution < 1.29 is 4.79 Å². The minimum absolute atomic E-state index is 0.122. The molecule has 4 heterocycles. The topological polar surface area (TPSA) is 41.1 Å². The van der Waals surface area contributed by atoms with Gasteiger partial charge in [0.15, 0.2) is 0 Å². The Balaban J connectivity index is 0.000000352. The summed E-state index contributed by atoms with van der Waals surface area (Å²) < 4.78 is 2.21. The van der Waals surface area contributed by atoms with Gasteiger partial charge in [-0.1, -0.05) is 23.7 Å². The average molecular weight is 437 g/mol. The summed E-state index contributed by atoms with van der Waals surface area (Å²) in [6, 6.07) is 15.0. The van der Waals surface area contributed by atoms with E-state index < -0.39 is 0 Å². The number of nitrogens with zero attached hydrogens (tertiary/aromatic N) is 4. The Kier molecular flexibility index (Phi) is 5.49. The maximum Gasteiger partial charge on any atom is 0.253 e. The van der Waals surface area contributed by atoms with Crippen LogP contribution in [0.15, 0.2) is 42.5 Å². The molecule has 3 atom stereocenters. The Morgan fingerprint density at radius 3 is 2.39 bits per heavy atom. The van der Waals surface area contributed by atoms with Crippen LogP contribution in [0.5, 0.6) is 0 Å². The summed E-state index contributed by atoms with van der Waals surface area (Å²) in [7, 11) is 0. The molecule has 6 heteroatoms. The SMILES string of the molecule is C1CN2CC12.Cc1nc2cc(Cl)ccc2n1C(C)c1ccc(C(=O)N2CCCC2)cc1. The van der Waals surface area contributed by atoms with Gasteiger partial charge in [-0.2, -0.15) is 0 Å². The lowest BCUT2D eigenvalue weighted by atomic mass is 10.0. The van der Waals surface area contributed by atoms with Crippen LogP contribution in [0, 0.1) is 6.92 Å². The Bertz CT molecular complexity index is 1090. The highest BCUT2D eigenvalue weighted by molar-refractivity contribution is 6.31. The molecule has 0 spiro atoms. The monoisotopic (exact) mass is 436 g/mol. The van der Waals surface area contributed by atoms with Gasteiger partial charge in [0.1, 0.15) is 5.82 Å². The Hall–Kier alpha value is -2.37. The van der Waals surface area contributed by atoms with Crippen LogP contribution in [0.3, 0.4) is 0 Å². The van der Waals surface area contributed by atoms with Gasteiger partial charge in [0.05, 0.1) is 17.1 Å². The van der Waals surface area contributed by atoms with Crippen LogP contribution in [0.2, 0.25) is 5.02 Å². The van der Waals surface area contributed by atoms with E-state index in [4.69, 9.17) is 11.6 Å². The highest BCUT2D eigenvalue weighted by atomic mass is 35.5. The molecule has 3 aliphatic rings. The fraction of sp³-hybridized carbons (Fsp3) is 0.440. The molecule has 3 saturated heterocycles. The minimum Gasteiger partial charge on any atom is -0.339 e. The smallest absolute Gasteiger partial charge is 0.253 e. The number of carbonyl (C=O) groups excluding carboxylic acids is 1. The summed E-state index contributed by atoms with van der Waals surface area (Å²) >= 11 is 6.09. The zero-order valence-corrected chi connectivity index (χ0v) is 19.0. The van der Waals surface area contributed by atoms with Gasteiger partial charge in [-0.3, -0.25) is 9.69 Å². The molecule has 0 N–H and O–H groups in total. The van der Waals surface area contributed by atoms with Crippen LogP contribution in [-0.4, -0.2) is 57.5 Å². The zero-order chi connectivity index (χ0) is 21.5. The molecule has 6 rings (SSSR count). The molecular weight excluding hydrogens is 408 g/mol. The Morgan fingerprint density at radius 2 is 1.81 bits per heavy atom. The molecular formula is C25H29ClN4O. The molecule has 3 aromatic rings. The second kappa shape index (κ2) is 8.29. The number of carbonyl (C=O) groups is 1. The van der Waals surface area contributed by atoms with Gasteiger partial charge in [-0.15, -0.1) is 0 Å². The van der Waals surface area contributed by atoms with Crippen LogP contribution in [0.4, 0.5) is 0 Å². The third-order valence-corrected chi connectivity index (χ3v) is 7.06. The lowest BCUT2D eigenvalue weighted by molar-refractivity contribution is 0.0793. The molecule has 1 aromatic heterocycles. The summed E-state index contributed by atoms with van der Waals surface area (Å²) in [6.45, 7) is 8.72. The normalized spacial score (nSPS) is 22.4. The molecule has 0 bridgehead atoms. The first-order chi connectivity index (χ1) is 15.0. The van der Waals surface area contributed by atoms with E-state index in [2.05, 4.69) is 33.5 Å². The van der Waals surface area contributed by atoms with Crippen molar-refractivity contribution in [1.29, 1.82) is 0 Å². The van der Waals surface area contributed by atoms with Crippen molar-refractivity contribution in [2.45, 2.75) is 45.2 Å². The third-order valence-electron chi connectivity index (χ3n) is 6.83. The molecule has 31 heavy (non-hydrogen) atoms. The van der Waals surface area contributed by atoms with Crippen molar-refractivity contribution in [2.75, 3.05) is 26.2 Å². The van der Waals surface area contributed by atoms with Crippen molar-refractivity contribution >= 4 is 28.5 Å². The standard InChI is InChI=1S/C21H22ClN3O.C4H7N/c1-14(25-15(2)23-19-13-18(22)9-10-20(19)25)16-5-7-17(8-6-16)21(26)24-11-3-4-12-24;1-2-5-3-4(1)5/h5-10,13-14H,3-4,11-12H2,1-2H3;4H,1-3H2. The predicted octanol–water partition coefficient (Wildman–Crippen LogP) is 4.92. The van der Waals surface area contributed by atoms with Gasteiger partial charge in [0.2, 0.25) is 0 Å².